The molecule has 0 spiro atoms. The van der Waals surface area contributed by atoms with Crippen LogP contribution in [0.4, 0.5) is 4.39 Å². The quantitative estimate of drug-likeness (QED) is 0.687. The van der Waals surface area contributed by atoms with Crippen molar-refractivity contribution >= 4 is 26.8 Å². The second kappa shape index (κ2) is 3.07. The van der Waals surface area contributed by atoms with Crippen LogP contribution >= 0.6 is 15.9 Å². The number of pyridine rings is 1. The zero-order valence-corrected chi connectivity index (χ0v) is 8.60. The van der Waals surface area contributed by atoms with Crippen molar-refractivity contribution in [2.75, 3.05) is 0 Å². The second-order valence-electron chi connectivity index (χ2n) is 2.95. The lowest BCUT2D eigenvalue weighted by Gasteiger charge is -2.01. The van der Waals surface area contributed by atoms with Crippen molar-refractivity contribution in [3.63, 3.8) is 0 Å². The van der Waals surface area contributed by atoms with Gasteiger partial charge in [0.25, 0.3) is 0 Å². The third-order valence-corrected chi connectivity index (χ3v) is 2.36. The zero-order chi connectivity index (χ0) is 9.42. The standard InChI is InChI=1S/C10H7BrFN/c1-6-2-8(11)3-7-4-9(12)5-13-10(6)7/h2-5H,1H3. The first-order valence-corrected chi connectivity index (χ1v) is 4.67. The lowest BCUT2D eigenvalue weighted by Crippen LogP contribution is -1.85. The molecule has 13 heavy (non-hydrogen) atoms. The summed E-state index contributed by atoms with van der Waals surface area (Å²) in [6.45, 7) is 1.96. The molecule has 0 fully saturated rings. The Labute approximate surface area is 83.7 Å². The first kappa shape index (κ1) is 8.63. The van der Waals surface area contributed by atoms with Gasteiger partial charge in [0.05, 0.1) is 11.7 Å². The van der Waals surface area contributed by atoms with Gasteiger partial charge in [-0.2, -0.15) is 0 Å². The van der Waals surface area contributed by atoms with Crippen molar-refractivity contribution in [1.82, 2.24) is 4.98 Å². The highest BCUT2D eigenvalue weighted by Gasteiger charge is 2.01. The van der Waals surface area contributed by atoms with E-state index in [0.717, 1.165) is 20.9 Å². The lowest BCUT2D eigenvalue weighted by molar-refractivity contribution is 0.624. The van der Waals surface area contributed by atoms with Crippen molar-refractivity contribution in [2.24, 2.45) is 0 Å². The molecule has 0 N–H and O–H groups in total. The summed E-state index contributed by atoms with van der Waals surface area (Å²) in [5.41, 5.74) is 1.90. The van der Waals surface area contributed by atoms with Crippen molar-refractivity contribution in [3.8, 4) is 0 Å². The van der Waals surface area contributed by atoms with E-state index in [1.165, 1.54) is 12.3 Å². The van der Waals surface area contributed by atoms with Gasteiger partial charge < -0.3 is 0 Å². The van der Waals surface area contributed by atoms with Crippen LogP contribution in [0.15, 0.2) is 28.9 Å². The molecule has 1 heterocycles. The predicted molar refractivity (Wildman–Crippen MR) is 54.1 cm³/mol. The van der Waals surface area contributed by atoms with E-state index in [1.54, 1.807) is 0 Å². The fourth-order valence-electron chi connectivity index (χ4n) is 1.36. The molecule has 0 saturated heterocycles. The summed E-state index contributed by atoms with van der Waals surface area (Å²) in [4.78, 5) is 4.03. The van der Waals surface area contributed by atoms with Crippen molar-refractivity contribution in [2.45, 2.75) is 6.92 Å². The molecule has 0 amide bonds. The van der Waals surface area contributed by atoms with Crippen LogP contribution in [0.3, 0.4) is 0 Å². The monoisotopic (exact) mass is 239 g/mol. The molecule has 1 nitrogen and oxygen atoms in total. The summed E-state index contributed by atoms with van der Waals surface area (Å²) in [6, 6.07) is 5.31. The van der Waals surface area contributed by atoms with Crippen LogP contribution < -0.4 is 0 Å². The number of fused-ring (bicyclic) bond motifs is 1. The Morgan fingerprint density at radius 3 is 2.85 bits per heavy atom. The fourth-order valence-corrected chi connectivity index (χ4v) is 1.95. The van der Waals surface area contributed by atoms with Gasteiger partial charge in [-0.25, -0.2) is 4.39 Å². The van der Waals surface area contributed by atoms with Crippen LogP contribution in [0.5, 0.6) is 0 Å². The van der Waals surface area contributed by atoms with Gasteiger partial charge in [0, 0.05) is 9.86 Å². The van der Waals surface area contributed by atoms with E-state index >= 15 is 0 Å². The second-order valence-corrected chi connectivity index (χ2v) is 3.86. The number of nitrogens with zero attached hydrogens (tertiary/aromatic N) is 1. The molecule has 0 aliphatic heterocycles. The van der Waals surface area contributed by atoms with Crippen LogP contribution in [-0.2, 0) is 0 Å². The molecule has 0 saturated carbocycles. The van der Waals surface area contributed by atoms with Crippen molar-refractivity contribution < 1.29 is 4.39 Å². The molecule has 0 aliphatic carbocycles. The summed E-state index contributed by atoms with van der Waals surface area (Å²) < 4.78 is 13.8. The maximum Gasteiger partial charge on any atom is 0.142 e. The third kappa shape index (κ3) is 1.56. The number of halogens is 2. The average molecular weight is 240 g/mol. The van der Waals surface area contributed by atoms with Gasteiger partial charge in [-0.15, -0.1) is 0 Å². The van der Waals surface area contributed by atoms with Gasteiger partial charge in [-0.3, -0.25) is 4.98 Å². The maximum atomic E-state index is 12.8. The van der Waals surface area contributed by atoms with Gasteiger partial charge in [0.15, 0.2) is 0 Å². The Bertz CT molecular complexity index is 462. The molecular formula is C10H7BrFN. The van der Waals surface area contributed by atoms with E-state index in [2.05, 4.69) is 20.9 Å². The minimum Gasteiger partial charge on any atom is -0.253 e. The van der Waals surface area contributed by atoms with E-state index in [-0.39, 0.29) is 5.82 Å². The molecule has 2 rings (SSSR count). The highest BCUT2D eigenvalue weighted by molar-refractivity contribution is 9.10. The highest BCUT2D eigenvalue weighted by atomic mass is 79.9. The number of hydrogen-bond donors (Lipinski definition) is 0. The number of benzene rings is 1. The average Bonchev–Trinajstić information content (AvgIpc) is 2.02. The van der Waals surface area contributed by atoms with E-state index in [0.29, 0.717) is 0 Å². The smallest absolute Gasteiger partial charge is 0.142 e. The first-order chi connectivity index (χ1) is 6.16. The van der Waals surface area contributed by atoms with E-state index in [1.807, 2.05) is 19.1 Å². The predicted octanol–water partition coefficient (Wildman–Crippen LogP) is 3.44. The summed E-state index contributed by atoms with van der Waals surface area (Å²) in [5.74, 6) is -0.301. The van der Waals surface area contributed by atoms with E-state index in [4.69, 9.17) is 0 Å². The first-order valence-electron chi connectivity index (χ1n) is 3.88. The fraction of sp³-hybridized carbons (Fsp3) is 0.100. The van der Waals surface area contributed by atoms with Gasteiger partial charge in [-0.1, -0.05) is 15.9 Å². The largest absolute Gasteiger partial charge is 0.253 e. The Kier molecular flexibility index (Phi) is 2.04. The lowest BCUT2D eigenvalue weighted by atomic mass is 10.1. The van der Waals surface area contributed by atoms with Crippen molar-refractivity contribution in [3.05, 3.63) is 40.2 Å². The van der Waals surface area contributed by atoms with Crippen molar-refractivity contribution in [1.29, 1.82) is 0 Å². The molecule has 0 radical (unpaired) electrons. The van der Waals surface area contributed by atoms with Gasteiger partial charge in [0.1, 0.15) is 5.82 Å². The SMILES string of the molecule is Cc1cc(Br)cc2cc(F)cnc12. The maximum absolute atomic E-state index is 12.8. The molecule has 0 aliphatic rings. The molecule has 66 valence electrons. The van der Waals surface area contributed by atoms with Crippen LogP contribution in [-0.4, -0.2) is 4.98 Å². The molecule has 0 atom stereocenters. The van der Waals surface area contributed by atoms with E-state index in [9.17, 15) is 4.39 Å². The zero-order valence-electron chi connectivity index (χ0n) is 7.01. The number of hydrogen-bond acceptors (Lipinski definition) is 1. The molecule has 0 unspecified atom stereocenters. The van der Waals surface area contributed by atoms with Crippen LogP contribution in [0.1, 0.15) is 5.56 Å². The topological polar surface area (TPSA) is 12.9 Å². The Balaban J connectivity index is 2.86. The molecule has 1 aromatic carbocycles. The van der Waals surface area contributed by atoms with Gasteiger partial charge >= 0.3 is 0 Å². The summed E-state index contributed by atoms with van der Waals surface area (Å²) in [6.07, 6.45) is 1.24. The number of aryl methyl sites for hydroxylation is 1. The van der Waals surface area contributed by atoms with Crippen LogP contribution in [0, 0.1) is 12.7 Å². The van der Waals surface area contributed by atoms with E-state index < -0.39 is 0 Å². The Morgan fingerprint density at radius 2 is 2.08 bits per heavy atom. The molecule has 3 heteroatoms. The normalized spacial score (nSPS) is 10.7. The summed E-state index contributed by atoms with van der Waals surface area (Å²) in [5, 5.41) is 0.826. The summed E-state index contributed by atoms with van der Waals surface area (Å²) >= 11 is 3.36. The van der Waals surface area contributed by atoms with Crippen LogP contribution in [0.25, 0.3) is 10.9 Å². The Morgan fingerprint density at radius 1 is 1.31 bits per heavy atom. The molecule has 0 bridgehead atoms. The minimum atomic E-state index is -0.301. The molecular weight excluding hydrogens is 233 g/mol. The van der Waals surface area contributed by atoms with Gasteiger partial charge in [-0.05, 0) is 30.7 Å². The van der Waals surface area contributed by atoms with Crippen LogP contribution in [0.2, 0.25) is 0 Å². The number of aromatic nitrogens is 1. The summed E-state index contributed by atoms with van der Waals surface area (Å²) in [7, 11) is 0. The molecule has 2 aromatic rings. The molecule has 1 aromatic heterocycles. The van der Waals surface area contributed by atoms with Gasteiger partial charge in [0.2, 0.25) is 0 Å². The third-order valence-electron chi connectivity index (χ3n) is 1.91. The minimum absolute atomic E-state index is 0.301. The number of rotatable bonds is 0. The highest BCUT2D eigenvalue weighted by Crippen LogP contribution is 2.22. The Hall–Kier alpha value is -0.960.